The van der Waals surface area contributed by atoms with Crippen LogP contribution in [0.1, 0.15) is 15.9 Å². The van der Waals surface area contributed by atoms with Gasteiger partial charge in [0.1, 0.15) is 18.1 Å². The Balaban J connectivity index is 1.46. The van der Waals surface area contributed by atoms with E-state index in [-0.39, 0.29) is 18.4 Å². The predicted molar refractivity (Wildman–Crippen MR) is 135 cm³/mol. The van der Waals surface area contributed by atoms with Gasteiger partial charge in [0.25, 0.3) is 5.91 Å². The third-order valence-electron chi connectivity index (χ3n) is 5.84. The molecule has 1 aliphatic heterocycles. The molecule has 0 saturated carbocycles. The average molecular weight is 475 g/mol. The van der Waals surface area contributed by atoms with Crippen molar-refractivity contribution in [3.63, 3.8) is 0 Å². The fourth-order valence-corrected chi connectivity index (χ4v) is 3.88. The van der Waals surface area contributed by atoms with Crippen molar-refractivity contribution in [1.29, 1.82) is 0 Å². The Morgan fingerprint density at radius 3 is 2.43 bits per heavy atom. The van der Waals surface area contributed by atoms with E-state index >= 15 is 0 Å². The first-order valence-corrected chi connectivity index (χ1v) is 11.7. The molecule has 1 saturated heterocycles. The molecule has 0 atom stereocenters. The lowest BCUT2D eigenvalue weighted by molar-refractivity contribution is -0.119. The minimum atomic E-state index is -0.297. The predicted octanol–water partition coefficient (Wildman–Crippen LogP) is 2.93. The maximum absolute atomic E-state index is 13.5. The van der Waals surface area contributed by atoms with E-state index in [9.17, 15) is 9.59 Å². The maximum Gasteiger partial charge on any atom is 0.260 e. The molecule has 1 fully saturated rings. The Morgan fingerprint density at radius 1 is 1.03 bits per heavy atom. The number of amides is 2. The van der Waals surface area contributed by atoms with Gasteiger partial charge < -0.3 is 19.7 Å². The molecule has 8 nitrogen and oxygen atoms in total. The van der Waals surface area contributed by atoms with Crippen LogP contribution in [0.25, 0.3) is 0 Å². The molecule has 1 N–H and O–H groups in total. The Morgan fingerprint density at radius 2 is 1.77 bits per heavy atom. The summed E-state index contributed by atoms with van der Waals surface area (Å²) in [5, 5.41) is 2.92. The molecule has 1 aromatic heterocycles. The van der Waals surface area contributed by atoms with Crippen LogP contribution in [0.15, 0.2) is 72.9 Å². The highest BCUT2D eigenvalue weighted by Gasteiger charge is 2.22. The molecule has 2 aromatic carbocycles. The summed E-state index contributed by atoms with van der Waals surface area (Å²) in [6, 6.07) is 20.6. The minimum absolute atomic E-state index is 0.106. The van der Waals surface area contributed by atoms with Crippen molar-refractivity contribution in [1.82, 2.24) is 10.3 Å². The molecule has 182 valence electrons. The second-order valence-electron chi connectivity index (χ2n) is 8.18. The summed E-state index contributed by atoms with van der Waals surface area (Å²) in [4.78, 5) is 34.3. The lowest BCUT2D eigenvalue weighted by Gasteiger charge is -2.28. The number of rotatable bonds is 9. The zero-order chi connectivity index (χ0) is 24.5. The second-order valence-corrected chi connectivity index (χ2v) is 8.18. The van der Waals surface area contributed by atoms with Crippen molar-refractivity contribution in [2.45, 2.75) is 6.42 Å². The number of aromatic nitrogens is 1. The number of anilines is 2. The van der Waals surface area contributed by atoms with Gasteiger partial charge in [0.15, 0.2) is 0 Å². The van der Waals surface area contributed by atoms with E-state index in [1.165, 1.54) is 4.90 Å². The van der Waals surface area contributed by atoms with Crippen LogP contribution in [0.3, 0.4) is 0 Å². The number of nitrogens with zero attached hydrogens (tertiary/aromatic N) is 3. The normalized spacial score (nSPS) is 13.2. The van der Waals surface area contributed by atoms with Crippen molar-refractivity contribution in [3.05, 3.63) is 84.1 Å². The van der Waals surface area contributed by atoms with Crippen molar-refractivity contribution in [2.75, 3.05) is 56.3 Å². The van der Waals surface area contributed by atoms with Crippen molar-refractivity contribution >= 4 is 23.3 Å². The van der Waals surface area contributed by atoms with E-state index in [2.05, 4.69) is 15.2 Å². The van der Waals surface area contributed by atoms with Crippen LogP contribution in [0.4, 0.5) is 11.5 Å². The molecule has 0 bridgehead atoms. The van der Waals surface area contributed by atoms with Gasteiger partial charge in [-0.2, -0.15) is 0 Å². The minimum Gasteiger partial charge on any atom is -0.497 e. The van der Waals surface area contributed by atoms with E-state index in [0.717, 1.165) is 30.9 Å². The monoisotopic (exact) mass is 474 g/mol. The lowest BCUT2D eigenvalue weighted by Crippen LogP contribution is -2.41. The SMILES string of the molecule is COc1ccc(N(CC(=O)NCCc2ccccc2)C(=O)c2ccc(N3CCOCC3)nc2)cc1. The molecule has 0 aliphatic carbocycles. The van der Waals surface area contributed by atoms with Crippen LogP contribution in [-0.4, -0.2) is 63.3 Å². The van der Waals surface area contributed by atoms with Crippen LogP contribution in [0, 0.1) is 0 Å². The highest BCUT2D eigenvalue weighted by atomic mass is 16.5. The van der Waals surface area contributed by atoms with Gasteiger partial charge in [-0.1, -0.05) is 30.3 Å². The number of pyridine rings is 1. The number of ether oxygens (including phenoxy) is 2. The number of morpholine rings is 1. The van der Waals surface area contributed by atoms with Crippen molar-refractivity contribution in [2.24, 2.45) is 0 Å². The molecule has 0 spiro atoms. The van der Waals surface area contributed by atoms with Crippen LogP contribution in [0.5, 0.6) is 5.75 Å². The van der Waals surface area contributed by atoms with E-state index in [0.29, 0.717) is 36.8 Å². The zero-order valence-electron chi connectivity index (χ0n) is 19.9. The standard InChI is InChI=1S/C27H30N4O4/c1-34-24-10-8-23(9-11-24)31(20-26(32)28-14-13-21-5-3-2-4-6-21)27(33)22-7-12-25(29-19-22)30-15-17-35-18-16-30/h2-12,19H,13-18,20H2,1H3,(H,28,32). The molecular weight excluding hydrogens is 444 g/mol. The average Bonchev–Trinajstić information content (AvgIpc) is 2.92. The number of methoxy groups -OCH3 is 1. The zero-order valence-corrected chi connectivity index (χ0v) is 19.9. The molecule has 1 aliphatic rings. The molecule has 2 heterocycles. The summed E-state index contributed by atoms with van der Waals surface area (Å²) in [6.45, 7) is 3.23. The van der Waals surface area contributed by atoms with E-state index in [1.807, 2.05) is 36.4 Å². The summed E-state index contributed by atoms with van der Waals surface area (Å²) in [7, 11) is 1.58. The topological polar surface area (TPSA) is 84.0 Å². The number of hydrogen-bond donors (Lipinski definition) is 1. The first kappa shape index (κ1) is 24.2. The smallest absolute Gasteiger partial charge is 0.260 e. The maximum atomic E-state index is 13.5. The molecule has 35 heavy (non-hydrogen) atoms. The molecule has 3 aromatic rings. The second kappa shape index (κ2) is 12.0. The lowest BCUT2D eigenvalue weighted by atomic mass is 10.1. The van der Waals surface area contributed by atoms with E-state index < -0.39 is 0 Å². The number of benzene rings is 2. The Hall–Kier alpha value is -3.91. The van der Waals surface area contributed by atoms with E-state index in [1.54, 1.807) is 43.6 Å². The van der Waals surface area contributed by atoms with Gasteiger partial charge in [-0.15, -0.1) is 0 Å². The van der Waals surface area contributed by atoms with Crippen LogP contribution in [-0.2, 0) is 16.0 Å². The molecule has 0 radical (unpaired) electrons. The van der Waals surface area contributed by atoms with Crippen LogP contribution < -0.4 is 19.9 Å². The quantitative estimate of drug-likeness (QED) is 0.514. The van der Waals surface area contributed by atoms with Gasteiger partial charge in [-0.3, -0.25) is 14.5 Å². The van der Waals surface area contributed by atoms with Crippen LogP contribution in [0.2, 0.25) is 0 Å². The summed E-state index contributed by atoms with van der Waals surface area (Å²) in [5.74, 6) is 0.946. The number of hydrogen-bond acceptors (Lipinski definition) is 6. The van der Waals surface area contributed by atoms with Gasteiger partial charge in [-0.05, 0) is 48.4 Å². The van der Waals surface area contributed by atoms with Gasteiger partial charge in [0.2, 0.25) is 5.91 Å². The number of nitrogens with one attached hydrogen (secondary N) is 1. The van der Waals surface area contributed by atoms with E-state index in [4.69, 9.17) is 9.47 Å². The molecule has 0 unspecified atom stereocenters. The highest BCUT2D eigenvalue weighted by molar-refractivity contribution is 6.08. The van der Waals surface area contributed by atoms with Gasteiger partial charge in [0.05, 0.1) is 25.9 Å². The summed E-state index contributed by atoms with van der Waals surface area (Å²) >= 11 is 0. The summed E-state index contributed by atoms with van der Waals surface area (Å²) in [5.41, 5.74) is 2.16. The summed E-state index contributed by atoms with van der Waals surface area (Å²) in [6.07, 6.45) is 2.28. The molecule has 4 rings (SSSR count). The highest BCUT2D eigenvalue weighted by Crippen LogP contribution is 2.22. The third kappa shape index (κ3) is 6.58. The molecular formula is C27H30N4O4. The third-order valence-corrected chi connectivity index (χ3v) is 5.84. The fourth-order valence-electron chi connectivity index (χ4n) is 3.88. The van der Waals surface area contributed by atoms with Gasteiger partial charge in [0, 0.05) is 31.5 Å². The van der Waals surface area contributed by atoms with Crippen molar-refractivity contribution in [3.8, 4) is 5.75 Å². The first-order valence-electron chi connectivity index (χ1n) is 11.7. The van der Waals surface area contributed by atoms with Gasteiger partial charge in [-0.25, -0.2) is 4.98 Å². The number of carbonyl (C=O) groups is 2. The van der Waals surface area contributed by atoms with Crippen LogP contribution >= 0.6 is 0 Å². The Bertz CT molecular complexity index is 1100. The van der Waals surface area contributed by atoms with Gasteiger partial charge >= 0.3 is 0 Å². The summed E-state index contributed by atoms with van der Waals surface area (Å²) < 4.78 is 10.6. The fraction of sp³-hybridized carbons (Fsp3) is 0.296. The van der Waals surface area contributed by atoms with Crippen molar-refractivity contribution < 1.29 is 19.1 Å². The molecule has 8 heteroatoms. The Labute approximate surface area is 205 Å². The molecule has 2 amide bonds. The Kier molecular flexibility index (Phi) is 8.30. The first-order chi connectivity index (χ1) is 17.1. The largest absolute Gasteiger partial charge is 0.497 e. The number of carbonyl (C=O) groups excluding carboxylic acids is 2.